The molecule has 20 aromatic carbocycles. The maximum atomic E-state index is 7.84. The zero-order valence-corrected chi connectivity index (χ0v) is 85.5. The second-order valence-corrected chi connectivity index (χ2v) is 38.5. The number of rotatable bonds is 14. The molecule has 708 valence electrons. The van der Waals surface area contributed by atoms with E-state index in [0.29, 0.717) is 28.6 Å². The molecule has 0 aliphatic rings. The van der Waals surface area contributed by atoms with Crippen LogP contribution in [0.25, 0.3) is 230 Å². The maximum Gasteiger partial charge on any atom is 3.00 e. The first-order valence-corrected chi connectivity index (χ1v) is 50.6. The summed E-state index contributed by atoms with van der Waals surface area (Å²) in [6.45, 7) is 1.64. The van der Waals surface area contributed by atoms with Crippen molar-refractivity contribution in [1.29, 1.82) is 0 Å². The van der Waals surface area contributed by atoms with E-state index in [4.69, 9.17) is 27.3 Å². The number of pyridine rings is 3. The molecule has 0 aliphatic heterocycles. The largest absolute Gasteiger partial charge is 3.00 e. The van der Waals surface area contributed by atoms with E-state index in [2.05, 4.69) is 324 Å². The summed E-state index contributed by atoms with van der Waals surface area (Å²) in [5, 5.41) is 13.0. The number of fused-ring (bicyclic) bond motifs is 12. The van der Waals surface area contributed by atoms with Crippen LogP contribution < -0.4 is 0 Å². The molecule has 0 saturated carbocycles. The van der Waals surface area contributed by atoms with Crippen LogP contribution in [0.2, 0.25) is 0 Å². The molecule has 0 amide bonds. The van der Waals surface area contributed by atoms with E-state index in [-0.39, 0.29) is 31.2 Å². The summed E-state index contributed by atoms with van der Waals surface area (Å²) in [5.41, 5.74) is 31.6. The average molecular weight is 2120 g/mol. The molecule has 9 heteroatoms. The van der Waals surface area contributed by atoms with E-state index in [9.17, 15) is 0 Å². The third-order valence-electron chi connectivity index (χ3n) is 26.7. The Morgan fingerprint density at radius 1 is 0.203 bits per heavy atom. The topological polar surface area (TPSA) is 77.3 Å². The Balaban J connectivity index is 0.000000120. The van der Waals surface area contributed by atoms with Crippen LogP contribution in [0.1, 0.15) is 51.3 Å². The van der Waals surface area contributed by atoms with E-state index in [1.165, 1.54) is 152 Å². The SMILES string of the molecule is [2H]C([2H])([2H])c1c[c-]c(-c2ccc(C)cn2)cc1.[2H]C([2H])([2H])c1ccc(-c2[c-]cc(C)c(-c3ccccc3)c2)nc1.[2H]C([2H])([2H])c1cnc(-c2[c-]cccc2)cc1-c1ccc(C)cc1C.[Ir+3].c1ccc(-c2ccc(-c3cccc4c3sc3c(-c5cccc(-c6nc(-c7ccccc7)nc(-c7ccccc7)n6)c5)cccc34)cc2)cc1.c1ccc(-c2cccc3c2sc2c(-c4cccc(-c5ccc6c7ccccc7c7ccccc7c6c5)c4)cccc23)cc1. The first kappa shape index (κ1) is 86.2. The first-order valence-electron chi connectivity index (χ1n) is 53.5. The molecule has 0 unspecified atom stereocenters. The summed E-state index contributed by atoms with van der Waals surface area (Å²) < 4.78 is 72.8. The number of hydrogen-bond donors (Lipinski definition) is 0. The van der Waals surface area contributed by atoms with Crippen molar-refractivity contribution in [1.82, 2.24) is 29.9 Å². The van der Waals surface area contributed by atoms with Crippen molar-refractivity contribution in [3.8, 4) is 157 Å². The summed E-state index contributed by atoms with van der Waals surface area (Å²) in [7, 11) is 0. The molecule has 0 saturated heterocycles. The molecule has 0 fully saturated rings. The van der Waals surface area contributed by atoms with Gasteiger partial charge in [-0.1, -0.05) is 419 Å². The molecule has 0 N–H and O–H groups in total. The van der Waals surface area contributed by atoms with Crippen LogP contribution in [0.4, 0.5) is 0 Å². The number of aromatic nitrogens is 6. The van der Waals surface area contributed by atoms with Crippen molar-refractivity contribution < 1.29 is 32.4 Å². The minimum atomic E-state index is -2.21. The van der Waals surface area contributed by atoms with Gasteiger partial charge in [-0.2, -0.15) is 0 Å². The average Bonchev–Trinajstić information content (AvgIpc) is 1.43. The third-order valence-corrected chi connectivity index (χ3v) is 29.2. The number of thiophene rings is 2. The summed E-state index contributed by atoms with van der Waals surface area (Å²) in [6.07, 6.45) is 4.66. The Morgan fingerprint density at radius 3 is 1.09 bits per heavy atom. The Hall–Kier alpha value is -17.3. The molecule has 26 aromatic rings. The normalized spacial score (nSPS) is 12.2. The molecule has 6 heterocycles. The number of benzene rings is 20. The van der Waals surface area contributed by atoms with Crippen LogP contribution in [-0.4, -0.2) is 29.9 Å². The van der Waals surface area contributed by atoms with Gasteiger partial charge in [0.05, 0.1) is 0 Å². The molecule has 0 aliphatic carbocycles. The van der Waals surface area contributed by atoms with Gasteiger partial charge in [0.2, 0.25) is 0 Å². The van der Waals surface area contributed by atoms with Gasteiger partial charge < -0.3 is 15.0 Å². The maximum absolute atomic E-state index is 7.84. The fourth-order valence-corrected chi connectivity index (χ4v) is 22.0. The fraction of sp³-hybridized carbons (Fsp3) is 0.0504. The van der Waals surface area contributed by atoms with Crippen LogP contribution in [0.5, 0.6) is 0 Å². The quantitative estimate of drug-likeness (QED) is 0.0797. The summed E-state index contributed by atoms with van der Waals surface area (Å²) in [6, 6.07) is 170. The smallest absolute Gasteiger partial charge is 0.304 e. The molecule has 0 atom stereocenters. The van der Waals surface area contributed by atoms with Gasteiger partial charge in [-0.25, -0.2) is 15.0 Å². The summed E-state index contributed by atoms with van der Waals surface area (Å²) >= 11 is 3.78. The van der Waals surface area contributed by atoms with Gasteiger partial charge in [0, 0.05) is 88.0 Å². The van der Waals surface area contributed by atoms with Crippen molar-refractivity contribution in [2.45, 2.75) is 48.3 Å². The van der Waals surface area contributed by atoms with E-state index in [1.807, 2.05) is 196 Å². The van der Waals surface area contributed by atoms with Gasteiger partial charge >= 0.3 is 20.1 Å². The van der Waals surface area contributed by atoms with Gasteiger partial charge in [-0.15, -0.1) is 123 Å². The third kappa shape index (κ3) is 20.9. The van der Waals surface area contributed by atoms with Crippen molar-refractivity contribution in [2.24, 2.45) is 0 Å². The molecule has 148 heavy (non-hydrogen) atoms. The minimum Gasteiger partial charge on any atom is -0.304 e. The zero-order valence-electron chi connectivity index (χ0n) is 90.5. The van der Waals surface area contributed by atoms with Crippen LogP contribution in [0, 0.1) is 66.4 Å². The molecular formula is C139H101IrN6S2. The molecule has 6 nitrogen and oxygen atoms in total. The molecule has 0 radical (unpaired) electrons. The number of hydrogen-bond acceptors (Lipinski definition) is 8. The van der Waals surface area contributed by atoms with Gasteiger partial charge in [0.25, 0.3) is 0 Å². The Bertz CT molecular complexity index is 9550. The Labute approximate surface area is 899 Å². The van der Waals surface area contributed by atoms with Crippen molar-refractivity contribution >= 4 is 95.3 Å². The monoisotopic (exact) mass is 2120 g/mol. The summed E-state index contributed by atoms with van der Waals surface area (Å²) in [4.78, 5) is 27.8. The standard InChI is InChI=1S/C45H29N3S.C42H26S.C20H18N.C19H16N.C13H12N.Ir/c1-4-13-30(14-5-1)31-25-27-32(28-26-31)37-21-11-23-39-40-24-12-22-38(42(40)49-41(37)39)35-19-10-20-36(29-35)45-47-43(33-15-6-2-7-16-33)46-44(48-45)34-17-8-3-9-18-34;1-2-11-27(12-3-1)31-19-9-21-38-39-22-10-20-32(42(39)43-41(31)38)30-14-8-13-28(25-30)29-23-24-37-35-17-5-4-15-33(35)34-16-6-7-18-36(34)40(37)26-29;1-14-9-10-18(15(2)11-14)19-12-20(21-13-16(19)3)17-7-5-4-6-8-17;1-14-8-11-19(20-13-14)17-10-9-15(2)18(12-17)16-6-4-3-5-7-16;1-10-3-6-12(7-4-10)13-8-5-11(2)9-14-13;/h1-29H;1-26H;4-7,9-13H,1-3H3;3-9,11-13H,1-2H3;3-6,8-9H,1-2H3;/q;;3*-1;+3/i;;3D3;2*1D3;. The predicted octanol–water partition coefficient (Wildman–Crippen LogP) is 37.9. The van der Waals surface area contributed by atoms with Gasteiger partial charge in [0.15, 0.2) is 17.5 Å². The van der Waals surface area contributed by atoms with Gasteiger partial charge in [0.1, 0.15) is 0 Å². The van der Waals surface area contributed by atoms with Crippen LogP contribution >= 0.6 is 22.7 Å². The van der Waals surface area contributed by atoms with Crippen LogP contribution in [0.15, 0.2) is 486 Å². The Kier molecular flexibility index (Phi) is 25.7. The van der Waals surface area contributed by atoms with E-state index >= 15 is 0 Å². The number of aryl methyl sites for hydroxylation is 7. The molecule has 26 rings (SSSR count). The summed E-state index contributed by atoms with van der Waals surface area (Å²) in [5.74, 6) is 1.97. The van der Waals surface area contributed by atoms with E-state index in [1.54, 1.807) is 30.5 Å². The van der Waals surface area contributed by atoms with Crippen molar-refractivity contribution in [3.63, 3.8) is 0 Å². The van der Waals surface area contributed by atoms with Crippen molar-refractivity contribution in [2.75, 3.05) is 0 Å². The second-order valence-electron chi connectivity index (χ2n) is 36.5. The zero-order chi connectivity index (χ0) is 107. The first-order chi connectivity index (χ1) is 75.9. The van der Waals surface area contributed by atoms with Crippen LogP contribution in [-0.2, 0) is 20.1 Å². The van der Waals surface area contributed by atoms with E-state index < -0.39 is 20.6 Å². The fourth-order valence-electron chi connectivity index (χ4n) is 19.3. The van der Waals surface area contributed by atoms with Crippen LogP contribution in [0.3, 0.4) is 0 Å². The molecule has 0 spiro atoms. The second kappa shape index (κ2) is 44.1. The van der Waals surface area contributed by atoms with Crippen molar-refractivity contribution in [3.05, 3.63) is 543 Å². The van der Waals surface area contributed by atoms with E-state index in [0.717, 1.165) is 95.0 Å². The molecule has 6 aromatic heterocycles. The molecule has 0 bridgehead atoms. The van der Waals surface area contributed by atoms with Gasteiger partial charge in [-0.05, 0) is 208 Å². The Morgan fingerprint density at radius 2 is 0.588 bits per heavy atom. The van der Waals surface area contributed by atoms with Gasteiger partial charge in [-0.3, -0.25) is 0 Å². The minimum absolute atomic E-state index is 0. The number of nitrogens with zero attached hydrogens (tertiary/aromatic N) is 6. The predicted molar refractivity (Wildman–Crippen MR) is 623 cm³/mol. The molecular weight excluding hydrogens is 2010 g/mol.